The zero-order valence-corrected chi connectivity index (χ0v) is 9.34. The summed E-state index contributed by atoms with van der Waals surface area (Å²) in [5.74, 6) is 0.174. The fourth-order valence-electron chi connectivity index (χ4n) is 1.05. The van der Waals surface area contributed by atoms with Crippen LogP contribution in [0.25, 0.3) is 0 Å². The predicted molar refractivity (Wildman–Crippen MR) is 61.9 cm³/mol. The summed E-state index contributed by atoms with van der Waals surface area (Å²) in [6.45, 7) is 0. The highest BCUT2D eigenvalue weighted by Gasteiger charge is 2.08. The van der Waals surface area contributed by atoms with Gasteiger partial charge in [-0.1, -0.05) is 18.2 Å². The first-order chi connectivity index (χ1) is 7.24. The van der Waals surface area contributed by atoms with Gasteiger partial charge in [-0.2, -0.15) is 11.8 Å². The molecule has 1 rings (SSSR count). The summed E-state index contributed by atoms with van der Waals surface area (Å²) in [5.41, 5.74) is 0.509. The number of hydrogen-bond acceptors (Lipinski definition) is 3. The van der Waals surface area contributed by atoms with E-state index in [1.807, 2.05) is 12.3 Å². The number of imide groups is 1. The second kappa shape index (κ2) is 6.24. The largest absolute Gasteiger partial charge is 0.292 e. The standard InChI is InChI=1S/C11H13NO2S/c1-15-8-7-10(13)12-11(14)9-5-3-2-4-6-9/h2-6H,7-8H2,1H3,(H,12,13,14). The second-order valence-electron chi connectivity index (χ2n) is 2.99. The highest BCUT2D eigenvalue weighted by molar-refractivity contribution is 7.98. The van der Waals surface area contributed by atoms with Crippen LogP contribution in [-0.2, 0) is 4.79 Å². The van der Waals surface area contributed by atoms with Crippen molar-refractivity contribution in [2.45, 2.75) is 6.42 Å². The molecule has 0 atom stereocenters. The first kappa shape index (κ1) is 11.8. The first-order valence-corrected chi connectivity index (χ1v) is 6.01. The molecule has 80 valence electrons. The molecular formula is C11H13NO2S. The Labute approximate surface area is 93.3 Å². The molecule has 0 aliphatic heterocycles. The van der Waals surface area contributed by atoms with Crippen LogP contribution in [0.15, 0.2) is 30.3 Å². The summed E-state index contributed by atoms with van der Waals surface area (Å²) in [6.07, 6.45) is 2.30. The van der Waals surface area contributed by atoms with E-state index in [1.165, 1.54) is 0 Å². The van der Waals surface area contributed by atoms with Gasteiger partial charge in [0.25, 0.3) is 5.91 Å². The van der Waals surface area contributed by atoms with Crippen LogP contribution >= 0.6 is 11.8 Å². The van der Waals surface area contributed by atoms with Crippen molar-refractivity contribution in [3.63, 3.8) is 0 Å². The lowest BCUT2D eigenvalue weighted by Crippen LogP contribution is -2.30. The SMILES string of the molecule is CSCCC(=O)NC(=O)c1ccccc1. The van der Waals surface area contributed by atoms with Gasteiger partial charge >= 0.3 is 0 Å². The van der Waals surface area contributed by atoms with Crippen LogP contribution in [0, 0.1) is 0 Å². The number of thioether (sulfide) groups is 1. The van der Waals surface area contributed by atoms with Crippen molar-refractivity contribution in [1.82, 2.24) is 5.32 Å². The highest BCUT2D eigenvalue weighted by atomic mass is 32.2. The van der Waals surface area contributed by atoms with Crippen molar-refractivity contribution in [1.29, 1.82) is 0 Å². The Hall–Kier alpha value is -1.29. The van der Waals surface area contributed by atoms with Crippen LogP contribution < -0.4 is 5.32 Å². The number of amides is 2. The fourth-order valence-corrected chi connectivity index (χ4v) is 1.44. The van der Waals surface area contributed by atoms with Crippen molar-refractivity contribution in [2.75, 3.05) is 12.0 Å². The van der Waals surface area contributed by atoms with Crippen molar-refractivity contribution < 1.29 is 9.59 Å². The third-order valence-corrected chi connectivity index (χ3v) is 2.43. The summed E-state index contributed by atoms with van der Waals surface area (Å²) in [4.78, 5) is 22.7. The minimum atomic E-state index is -0.332. The van der Waals surface area contributed by atoms with E-state index in [2.05, 4.69) is 5.32 Å². The van der Waals surface area contributed by atoms with E-state index in [1.54, 1.807) is 36.0 Å². The average Bonchev–Trinajstić information content (AvgIpc) is 2.27. The summed E-state index contributed by atoms with van der Waals surface area (Å²) in [5, 5.41) is 2.34. The minimum Gasteiger partial charge on any atom is -0.292 e. The van der Waals surface area contributed by atoms with E-state index in [0.717, 1.165) is 5.75 Å². The zero-order valence-electron chi connectivity index (χ0n) is 8.53. The molecule has 0 aromatic heterocycles. The Morgan fingerprint density at radius 1 is 1.27 bits per heavy atom. The monoisotopic (exact) mass is 223 g/mol. The van der Waals surface area contributed by atoms with Crippen LogP contribution in [0.4, 0.5) is 0 Å². The third-order valence-electron chi connectivity index (χ3n) is 1.82. The molecule has 0 unspecified atom stereocenters. The van der Waals surface area contributed by atoms with Crippen molar-refractivity contribution in [3.8, 4) is 0 Å². The van der Waals surface area contributed by atoms with Crippen LogP contribution in [0.5, 0.6) is 0 Å². The molecule has 0 radical (unpaired) electrons. The van der Waals surface area contributed by atoms with Gasteiger partial charge in [0, 0.05) is 17.7 Å². The smallest absolute Gasteiger partial charge is 0.257 e. The van der Waals surface area contributed by atoms with E-state index in [0.29, 0.717) is 12.0 Å². The Balaban J connectivity index is 2.46. The molecule has 0 heterocycles. The normalized spacial score (nSPS) is 9.67. The Bertz CT molecular complexity index is 338. The molecule has 3 nitrogen and oxygen atoms in total. The number of hydrogen-bond donors (Lipinski definition) is 1. The Morgan fingerprint density at radius 2 is 1.93 bits per heavy atom. The van der Waals surface area contributed by atoms with Crippen LogP contribution in [0.1, 0.15) is 16.8 Å². The second-order valence-corrected chi connectivity index (χ2v) is 3.97. The molecule has 2 amide bonds. The van der Waals surface area contributed by atoms with Gasteiger partial charge in [0.15, 0.2) is 0 Å². The van der Waals surface area contributed by atoms with E-state index in [9.17, 15) is 9.59 Å². The quantitative estimate of drug-likeness (QED) is 0.845. The van der Waals surface area contributed by atoms with Crippen molar-refractivity contribution in [3.05, 3.63) is 35.9 Å². The maximum Gasteiger partial charge on any atom is 0.257 e. The summed E-state index contributed by atoms with van der Waals surface area (Å²) >= 11 is 1.58. The number of carbonyl (C=O) groups excluding carboxylic acids is 2. The van der Waals surface area contributed by atoms with Crippen LogP contribution in [0.2, 0.25) is 0 Å². The third kappa shape index (κ3) is 4.16. The lowest BCUT2D eigenvalue weighted by atomic mass is 10.2. The van der Waals surface area contributed by atoms with Gasteiger partial charge in [0.05, 0.1) is 0 Å². The lowest BCUT2D eigenvalue weighted by Gasteiger charge is -2.02. The van der Waals surface area contributed by atoms with E-state index in [-0.39, 0.29) is 11.8 Å². The molecule has 1 aromatic rings. The molecule has 1 N–H and O–H groups in total. The average molecular weight is 223 g/mol. The molecule has 0 aliphatic rings. The molecule has 0 aliphatic carbocycles. The van der Waals surface area contributed by atoms with Gasteiger partial charge in [-0.25, -0.2) is 0 Å². The highest BCUT2D eigenvalue weighted by Crippen LogP contribution is 1.99. The van der Waals surface area contributed by atoms with Crippen LogP contribution in [0.3, 0.4) is 0 Å². The molecule has 0 spiro atoms. The molecule has 0 fully saturated rings. The van der Waals surface area contributed by atoms with Gasteiger partial charge in [-0.15, -0.1) is 0 Å². The van der Waals surface area contributed by atoms with E-state index in [4.69, 9.17) is 0 Å². The summed E-state index contributed by atoms with van der Waals surface area (Å²) in [6, 6.07) is 8.71. The number of benzene rings is 1. The maximum absolute atomic E-state index is 11.5. The molecule has 4 heteroatoms. The molecule has 0 saturated heterocycles. The Kier molecular flexibility index (Phi) is 4.90. The number of carbonyl (C=O) groups is 2. The Morgan fingerprint density at radius 3 is 2.53 bits per heavy atom. The maximum atomic E-state index is 11.5. The van der Waals surface area contributed by atoms with Crippen LogP contribution in [-0.4, -0.2) is 23.8 Å². The first-order valence-electron chi connectivity index (χ1n) is 4.62. The van der Waals surface area contributed by atoms with Gasteiger partial charge in [0.2, 0.25) is 5.91 Å². The molecule has 0 saturated carbocycles. The van der Waals surface area contributed by atoms with E-state index >= 15 is 0 Å². The van der Waals surface area contributed by atoms with E-state index < -0.39 is 0 Å². The van der Waals surface area contributed by atoms with Crippen molar-refractivity contribution in [2.24, 2.45) is 0 Å². The minimum absolute atomic E-state index is 0.224. The zero-order chi connectivity index (χ0) is 11.1. The van der Waals surface area contributed by atoms with Gasteiger partial charge < -0.3 is 0 Å². The van der Waals surface area contributed by atoms with Gasteiger partial charge in [-0.05, 0) is 18.4 Å². The predicted octanol–water partition coefficient (Wildman–Crippen LogP) is 1.70. The molecule has 15 heavy (non-hydrogen) atoms. The van der Waals surface area contributed by atoms with Gasteiger partial charge in [0.1, 0.15) is 0 Å². The summed E-state index contributed by atoms with van der Waals surface area (Å²) in [7, 11) is 0. The molecular weight excluding hydrogens is 210 g/mol. The number of nitrogens with one attached hydrogen (secondary N) is 1. The molecule has 0 bridgehead atoms. The summed E-state index contributed by atoms with van der Waals surface area (Å²) < 4.78 is 0. The fraction of sp³-hybridized carbons (Fsp3) is 0.273. The van der Waals surface area contributed by atoms with Crippen molar-refractivity contribution >= 4 is 23.6 Å². The topological polar surface area (TPSA) is 46.2 Å². The lowest BCUT2D eigenvalue weighted by molar-refractivity contribution is -0.119. The number of rotatable bonds is 4. The van der Waals surface area contributed by atoms with Gasteiger partial charge in [-0.3, -0.25) is 14.9 Å². The molecule has 1 aromatic carbocycles.